The molecule has 0 rings (SSSR count). The Balaban J connectivity index is 3.35. The van der Waals surface area contributed by atoms with Crippen molar-refractivity contribution in [3.63, 3.8) is 0 Å². The van der Waals surface area contributed by atoms with Gasteiger partial charge in [0, 0.05) is 9.62 Å². The zero-order valence-corrected chi connectivity index (χ0v) is 1.89. The fourth-order valence-electron chi connectivity index (χ4n) is 0. The van der Waals surface area contributed by atoms with Crippen LogP contribution < -0.4 is 0 Å². The Morgan fingerprint density at radius 3 is 3.50 bits per heavy atom. The van der Waals surface area contributed by atoms with Gasteiger partial charge in [0.1, 0.15) is 0 Å². The van der Waals surface area contributed by atoms with Crippen LogP contribution in [0.25, 0.3) is 1.43 Å². The minimum Gasteiger partial charge on any atom is -0.481 e. The molecule has 0 aliphatic heterocycles. The molecule has 24 valence electrons. The Morgan fingerprint density at radius 1 is 2.75 bits per heavy atom. The first-order chi connectivity index (χ1) is 3.18. The first-order valence-corrected chi connectivity index (χ1v) is 0.697. The lowest BCUT2D eigenvalue weighted by molar-refractivity contribution is -0.134. The van der Waals surface area contributed by atoms with Gasteiger partial charge in [-0.3, -0.25) is 4.79 Å². The number of carboxylic acid groups (broad SMARTS) is 1. The van der Waals surface area contributed by atoms with Crippen LogP contribution in [0, 0.1) is 0 Å². The zero-order valence-electron chi connectivity index (χ0n) is 4.89. The first kappa shape index (κ1) is 0.708. The molecule has 2 heteroatoms. The lowest BCUT2D eigenvalue weighted by Crippen LogP contribution is -1.78. The second-order valence-corrected chi connectivity index (χ2v) is 0.319. The van der Waals surface area contributed by atoms with Gasteiger partial charge in [0.2, 0.25) is 0 Å². The minimum atomic E-state index is -1.68. The van der Waals surface area contributed by atoms with Crippen LogP contribution in [0.15, 0.2) is 0 Å². The predicted molar refractivity (Wildman–Crippen MR) is 13.3 cm³/mol. The maximum Gasteiger partial charge on any atom is 0.300 e. The van der Waals surface area contributed by atoms with Gasteiger partial charge in [0.05, 0.1) is 0 Å². The zero-order chi connectivity index (χ0) is 5.86. The summed E-state index contributed by atoms with van der Waals surface area (Å²) in [5, 5.41) is 3.25. The Morgan fingerprint density at radius 2 is 3.50 bits per heavy atom. The van der Waals surface area contributed by atoms with E-state index in [-0.39, 0.29) is 0 Å². The third-order valence-corrected chi connectivity index (χ3v) is 0. The molecule has 0 atom stereocenters. The highest BCUT2D eigenvalue weighted by Gasteiger charge is 1.65. The normalized spacial score (nSPS) is 16.8. The second-order valence-electron chi connectivity index (χ2n) is 0.319. The van der Waals surface area contributed by atoms with E-state index in [1.807, 2.05) is 0 Å². The van der Waals surface area contributed by atoms with Gasteiger partial charge in [0.15, 0.2) is 0 Å². The van der Waals surface area contributed by atoms with Gasteiger partial charge >= 0.3 is 0 Å². The molecule has 1 N–H and O–H groups in total. The highest BCUT2D eigenvalue weighted by molar-refractivity contribution is 5.62. The Kier molecular flexibility index (Phi) is 0.155. The summed E-state index contributed by atoms with van der Waals surface area (Å²) in [6, 6.07) is 0. The van der Waals surface area contributed by atoms with Gasteiger partial charge < -0.3 is 5.11 Å². The Bertz CT molecular complexity index is 71.3. The monoisotopic (exact) mass is 65.0 g/mol. The molecule has 0 aromatic heterocycles. The van der Waals surface area contributed by atoms with Crippen molar-refractivity contribution >= 4 is 5.97 Å². The average Bonchev–Trinajstić information content (AvgIpc) is 1.65. The van der Waals surface area contributed by atoms with Gasteiger partial charge in [-0.2, -0.15) is 0 Å². The van der Waals surface area contributed by atoms with E-state index in [2.05, 4.69) is 5.11 Å². The van der Waals surface area contributed by atoms with Gasteiger partial charge in [-0.15, -0.1) is 0 Å². The molecule has 0 aromatic carbocycles. The standard InChI is InChI=1S/C2H4O2/c1-2(3)4/h1H3,(H,3,4)/i1+1D2,2+1/hD. The molecule has 0 saturated heterocycles. The molecular formula is C2H4O2. The van der Waals surface area contributed by atoms with Gasteiger partial charge in [0.25, 0.3) is 7.40 Å². The number of carboxylic acids is 1. The highest BCUT2D eigenvalue weighted by atomic mass is 16.5. The maximum atomic E-state index is 9.73. The van der Waals surface area contributed by atoms with Crippen molar-refractivity contribution in [1.82, 2.24) is 0 Å². The number of carbonyl (C=O) groups is 1. The predicted octanol–water partition coefficient (Wildman–Crippen LogP) is 0.0909. The molecule has 4 heavy (non-hydrogen) atoms. The van der Waals surface area contributed by atoms with Crippen molar-refractivity contribution in [2.24, 2.45) is 0 Å². The van der Waals surface area contributed by atoms with Crippen molar-refractivity contribution in [3.8, 4) is 0 Å². The van der Waals surface area contributed by atoms with E-state index in [1.165, 1.54) is 0 Å². The smallest absolute Gasteiger partial charge is 0.300 e. The quantitative estimate of drug-likeness (QED) is 0.406. The molecule has 0 aliphatic carbocycles. The van der Waals surface area contributed by atoms with Crippen molar-refractivity contribution in [2.45, 2.75) is 6.88 Å². The highest BCUT2D eigenvalue weighted by Crippen LogP contribution is 1.42. The minimum absolute atomic E-state index is 1.15. The van der Waals surface area contributed by atoms with Crippen LogP contribution >= 0.6 is 0 Å². The lowest BCUT2D eigenvalue weighted by Gasteiger charge is -1.59. The van der Waals surface area contributed by atoms with Gasteiger partial charge in [-0.25, -0.2) is 0 Å². The molecule has 0 unspecified atom stereocenters. The molecule has 0 saturated carbocycles. The molecule has 0 amide bonds. The van der Waals surface area contributed by atoms with Crippen LogP contribution in [0.1, 0.15) is 9.62 Å². The van der Waals surface area contributed by atoms with Crippen molar-refractivity contribution in [2.75, 3.05) is 0 Å². The SMILES string of the molecule is [2H]O[13C](=O)[13CH]([2H])[2H]. The van der Waals surface area contributed by atoms with E-state index in [1.54, 1.807) is 0 Å². The van der Waals surface area contributed by atoms with E-state index in [0.29, 0.717) is 0 Å². The number of rotatable bonds is 0. The summed E-state index contributed by atoms with van der Waals surface area (Å²) in [5.41, 5.74) is 0. The van der Waals surface area contributed by atoms with Crippen LogP contribution in [0.4, 0.5) is 0 Å². The molecule has 0 spiro atoms. The third-order valence-electron chi connectivity index (χ3n) is 0. The molecule has 0 fully saturated rings. The largest absolute Gasteiger partial charge is 0.481 e. The number of hydrogen-bond acceptors (Lipinski definition) is 2. The first-order valence-electron chi connectivity index (χ1n) is 2.26. The summed E-state index contributed by atoms with van der Waals surface area (Å²) >= 11 is 0. The summed E-state index contributed by atoms with van der Waals surface area (Å²) < 4.78 is 18.4. The summed E-state index contributed by atoms with van der Waals surface area (Å²) in [6.07, 6.45) is 0. The van der Waals surface area contributed by atoms with Crippen LogP contribution in [0.2, 0.25) is 0 Å². The number of aliphatic carboxylic acids is 1. The van der Waals surface area contributed by atoms with Crippen molar-refractivity contribution in [1.29, 1.82) is 1.43 Å². The summed E-state index contributed by atoms with van der Waals surface area (Å²) in [5.74, 6) is -1.15. The average molecular weight is 65.1 g/mol. The Labute approximate surface area is 28.4 Å². The van der Waals surface area contributed by atoms with Crippen LogP contribution in [0.5, 0.6) is 0 Å². The van der Waals surface area contributed by atoms with Crippen molar-refractivity contribution in [3.05, 3.63) is 0 Å². The summed E-state index contributed by atoms with van der Waals surface area (Å²) in [4.78, 5) is 9.73. The van der Waals surface area contributed by atoms with Gasteiger partial charge in [-0.05, 0) is 0 Å². The molecule has 0 radical (unpaired) electrons. The fourth-order valence-corrected chi connectivity index (χ4v) is 0. The third kappa shape index (κ3) is 1.16. The number of hydrogen-bond donors (Lipinski definition) is 1. The topological polar surface area (TPSA) is 37.3 Å². The van der Waals surface area contributed by atoms with Crippen LogP contribution in [-0.4, -0.2) is 11.1 Å². The van der Waals surface area contributed by atoms with E-state index < -0.39 is 12.8 Å². The molecule has 2 nitrogen and oxygen atoms in total. The second kappa shape index (κ2) is 0.875. The van der Waals surface area contributed by atoms with E-state index >= 15 is 0 Å². The molecular weight excluding hydrogens is 58.0 g/mol. The maximum absolute atomic E-state index is 9.73. The van der Waals surface area contributed by atoms with Crippen molar-refractivity contribution < 1.29 is 12.6 Å². The lowest BCUT2D eigenvalue weighted by atomic mass is 11.8. The fraction of sp³-hybridized carbons (Fsp3) is 0.500. The van der Waals surface area contributed by atoms with E-state index in [0.717, 1.165) is 0 Å². The summed E-state index contributed by atoms with van der Waals surface area (Å²) in [7, 11) is 0. The van der Waals surface area contributed by atoms with Crippen LogP contribution in [-0.2, 0) is 4.79 Å². The van der Waals surface area contributed by atoms with E-state index in [9.17, 15) is 4.79 Å². The molecule has 0 bridgehead atoms. The van der Waals surface area contributed by atoms with Gasteiger partial charge in [-0.1, -0.05) is 0 Å². The molecule has 0 heterocycles. The molecule has 0 aromatic rings. The summed E-state index contributed by atoms with van der Waals surface area (Å²) in [6.45, 7) is -1.68. The van der Waals surface area contributed by atoms with Crippen LogP contribution in [0.3, 0.4) is 0 Å². The Hall–Kier alpha value is -0.530. The molecule has 0 aliphatic rings. The van der Waals surface area contributed by atoms with E-state index in [4.69, 9.17) is 4.17 Å².